The quantitative estimate of drug-likeness (QED) is 0.865. The molecule has 19 heavy (non-hydrogen) atoms. The number of nitrogens with zero attached hydrogens (tertiary/aromatic N) is 1. The first-order valence-electron chi connectivity index (χ1n) is 6.04. The van der Waals surface area contributed by atoms with Crippen LogP contribution in [0.25, 0.3) is 11.3 Å². The summed E-state index contributed by atoms with van der Waals surface area (Å²) in [6.45, 7) is 4.74. The van der Waals surface area contributed by atoms with E-state index in [9.17, 15) is 4.39 Å². The summed E-state index contributed by atoms with van der Waals surface area (Å²) >= 11 is 5.10. The van der Waals surface area contributed by atoms with Gasteiger partial charge in [0.2, 0.25) is 0 Å². The highest BCUT2D eigenvalue weighted by molar-refractivity contribution is 7.71. The second-order valence-electron chi connectivity index (χ2n) is 4.20. The van der Waals surface area contributed by atoms with Gasteiger partial charge in [0.15, 0.2) is 0 Å². The summed E-state index contributed by atoms with van der Waals surface area (Å²) in [5.41, 5.74) is 2.10. The molecule has 1 N–H and O–H groups in total. The highest BCUT2D eigenvalue weighted by atomic mass is 32.1. The fourth-order valence-corrected chi connectivity index (χ4v) is 1.99. The molecule has 0 unspecified atom stereocenters. The SMILES string of the molecule is CCOCc1nc(=S)cc(-c2cc(C)ccc2F)[nH]1. The van der Waals surface area contributed by atoms with Crippen LogP contribution in [0.15, 0.2) is 24.3 Å². The van der Waals surface area contributed by atoms with Crippen molar-refractivity contribution in [1.29, 1.82) is 0 Å². The molecule has 2 aromatic rings. The predicted octanol–water partition coefficient (Wildman–Crippen LogP) is 3.79. The van der Waals surface area contributed by atoms with Gasteiger partial charge in [-0.2, -0.15) is 0 Å². The molecule has 0 spiro atoms. The first kappa shape index (κ1) is 13.8. The highest BCUT2D eigenvalue weighted by Gasteiger charge is 2.07. The van der Waals surface area contributed by atoms with Crippen molar-refractivity contribution < 1.29 is 9.13 Å². The summed E-state index contributed by atoms with van der Waals surface area (Å²) in [6, 6.07) is 6.61. The zero-order chi connectivity index (χ0) is 13.8. The van der Waals surface area contributed by atoms with Crippen LogP contribution in [-0.4, -0.2) is 16.6 Å². The Morgan fingerprint density at radius 2 is 2.16 bits per heavy atom. The third-order valence-corrected chi connectivity index (χ3v) is 2.86. The molecule has 0 bridgehead atoms. The fourth-order valence-electron chi connectivity index (χ4n) is 1.77. The zero-order valence-corrected chi connectivity index (χ0v) is 11.7. The lowest BCUT2D eigenvalue weighted by Gasteiger charge is -2.08. The van der Waals surface area contributed by atoms with E-state index in [1.54, 1.807) is 18.2 Å². The topological polar surface area (TPSA) is 37.9 Å². The molecule has 0 radical (unpaired) electrons. The van der Waals surface area contributed by atoms with Gasteiger partial charge in [0.1, 0.15) is 22.9 Å². The number of benzene rings is 1. The number of ether oxygens (including phenoxy) is 1. The van der Waals surface area contributed by atoms with Crippen LogP contribution in [0.5, 0.6) is 0 Å². The monoisotopic (exact) mass is 278 g/mol. The van der Waals surface area contributed by atoms with Gasteiger partial charge in [-0.05, 0) is 32.0 Å². The maximum absolute atomic E-state index is 13.9. The largest absolute Gasteiger partial charge is 0.374 e. The molecule has 2 rings (SSSR count). The molecule has 0 fully saturated rings. The molecular weight excluding hydrogens is 263 g/mol. The van der Waals surface area contributed by atoms with Crippen molar-refractivity contribution in [2.75, 3.05) is 6.61 Å². The van der Waals surface area contributed by atoms with Crippen LogP contribution in [0, 0.1) is 17.4 Å². The van der Waals surface area contributed by atoms with Gasteiger partial charge in [-0.3, -0.25) is 0 Å². The maximum atomic E-state index is 13.9. The highest BCUT2D eigenvalue weighted by Crippen LogP contribution is 2.22. The average molecular weight is 278 g/mol. The van der Waals surface area contributed by atoms with Crippen LogP contribution in [0.1, 0.15) is 18.3 Å². The Hall–Kier alpha value is -1.59. The molecule has 0 aliphatic carbocycles. The number of aromatic amines is 1. The van der Waals surface area contributed by atoms with Crippen LogP contribution in [0.3, 0.4) is 0 Å². The Morgan fingerprint density at radius 1 is 1.37 bits per heavy atom. The Kier molecular flexibility index (Phi) is 4.39. The molecule has 1 aromatic heterocycles. The Morgan fingerprint density at radius 3 is 2.89 bits per heavy atom. The van der Waals surface area contributed by atoms with Gasteiger partial charge in [-0.1, -0.05) is 23.8 Å². The van der Waals surface area contributed by atoms with Crippen molar-refractivity contribution in [1.82, 2.24) is 9.97 Å². The molecule has 0 saturated heterocycles. The van der Waals surface area contributed by atoms with Crippen LogP contribution in [0.2, 0.25) is 0 Å². The predicted molar refractivity (Wildman–Crippen MR) is 74.9 cm³/mol. The van der Waals surface area contributed by atoms with E-state index in [1.165, 1.54) is 6.07 Å². The summed E-state index contributed by atoms with van der Waals surface area (Å²) in [7, 11) is 0. The minimum Gasteiger partial charge on any atom is -0.374 e. The Balaban J connectivity index is 2.46. The lowest BCUT2D eigenvalue weighted by atomic mass is 10.1. The van der Waals surface area contributed by atoms with E-state index < -0.39 is 0 Å². The number of rotatable bonds is 4. The van der Waals surface area contributed by atoms with Crippen molar-refractivity contribution in [2.45, 2.75) is 20.5 Å². The number of H-pyrrole nitrogens is 1. The second kappa shape index (κ2) is 6.04. The number of nitrogens with one attached hydrogen (secondary N) is 1. The Bertz CT molecular complexity index is 640. The van der Waals surface area contributed by atoms with E-state index in [2.05, 4.69) is 9.97 Å². The molecule has 0 aliphatic rings. The second-order valence-corrected chi connectivity index (χ2v) is 4.62. The number of hydrogen-bond acceptors (Lipinski definition) is 3. The van der Waals surface area contributed by atoms with E-state index >= 15 is 0 Å². The molecule has 1 aromatic carbocycles. The van der Waals surface area contributed by atoms with Crippen molar-refractivity contribution in [3.63, 3.8) is 0 Å². The minimum atomic E-state index is -0.287. The van der Waals surface area contributed by atoms with Gasteiger partial charge in [-0.15, -0.1) is 0 Å². The summed E-state index contributed by atoms with van der Waals surface area (Å²) in [5.74, 6) is 0.315. The maximum Gasteiger partial charge on any atom is 0.134 e. The van der Waals surface area contributed by atoms with Crippen molar-refractivity contribution in [2.24, 2.45) is 0 Å². The van der Waals surface area contributed by atoms with E-state index in [-0.39, 0.29) is 5.82 Å². The smallest absolute Gasteiger partial charge is 0.134 e. The van der Waals surface area contributed by atoms with Gasteiger partial charge in [0, 0.05) is 12.2 Å². The van der Waals surface area contributed by atoms with Crippen LogP contribution >= 0.6 is 12.2 Å². The average Bonchev–Trinajstić information content (AvgIpc) is 2.38. The molecule has 3 nitrogen and oxygen atoms in total. The van der Waals surface area contributed by atoms with Crippen LogP contribution in [0.4, 0.5) is 4.39 Å². The molecule has 1 heterocycles. The number of aryl methyl sites for hydroxylation is 1. The van der Waals surface area contributed by atoms with Crippen LogP contribution in [-0.2, 0) is 11.3 Å². The fraction of sp³-hybridized carbons (Fsp3) is 0.286. The van der Waals surface area contributed by atoms with Gasteiger partial charge in [-0.25, -0.2) is 9.37 Å². The molecule has 100 valence electrons. The third kappa shape index (κ3) is 3.45. The van der Waals surface area contributed by atoms with Crippen molar-refractivity contribution in [3.8, 4) is 11.3 Å². The lowest BCUT2D eigenvalue weighted by Crippen LogP contribution is -2.01. The zero-order valence-electron chi connectivity index (χ0n) is 10.9. The molecule has 0 amide bonds. The van der Waals surface area contributed by atoms with Gasteiger partial charge in [0.05, 0.1) is 5.69 Å². The molecule has 0 saturated carbocycles. The molecule has 0 aliphatic heterocycles. The van der Waals surface area contributed by atoms with E-state index in [1.807, 2.05) is 13.8 Å². The molecular formula is C14H15FN2OS. The number of hydrogen-bond donors (Lipinski definition) is 1. The third-order valence-electron chi connectivity index (χ3n) is 2.65. The Labute approximate surface area is 116 Å². The summed E-state index contributed by atoms with van der Waals surface area (Å²) in [5, 5.41) is 0. The van der Waals surface area contributed by atoms with Gasteiger partial charge >= 0.3 is 0 Å². The first-order chi connectivity index (χ1) is 9.10. The summed E-state index contributed by atoms with van der Waals surface area (Å²) in [6.07, 6.45) is 0. The van der Waals surface area contributed by atoms with Crippen molar-refractivity contribution in [3.05, 3.63) is 46.1 Å². The molecule has 5 heteroatoms. The minimum absolute atomic E-state index is 0.287. The van der Waals surface area contributed by atoms with E-state index in [4.69, 9.17) is 17.0 Å². The normalized spacial score (nSPS) is 10.7. The summed E-state index contributed by atoms with van der Waals surface area (Å²) < 4.78 is 19.6. The first-order valence-corrected chi connectivity index (χ1v) is 6.45. The van der Waals surface area contributed by atoms with Crippen molar-refractivity contribution >= 4 is 12.2 Å². The number of halogens is 1. The van der Waals surface area contributed by atoms with Gasteiger partial charge < -0.3 is 9.72 Å². The standard InChI is InChI=1S/C14H15FN2OS/c1-3-18-8-13-16-12(7-14(19)17-13)10-6-9(2)4-5-11(10)15/h4-7H,3,8H2,1-2H3,(H,16,17,19). The molecule has 0 atom stereocenters. The van der Waals surface area contributed by atoms with Gasteiger partial charge in [0.25, 0.3) is 0 Å². The summed E-state index contributed by atoms with van der Waals surface area (Å²) in [4.78, 5) is 7.22. The lowest BCUT2D eigenvalue weighted by molar-refractivity contribution is 0.128. The van der Waals surface area contributed by atoms with Crippen LogP contribution < -0.4 is 0 Å². The van der Waals surface area contributed by atoms with E-state index in [0.29, 0.717) is 34.9 Å². The number of aromatic nitrogens is 2. The van der Waals surface area contributed by atoms with E-state index in [0.717, 1.165) is 5.56 Å².